The van der Waals surface area contributed by atoms with Gasteiger partial charge in [0.2, 0.25) is 10.8 Å². The van der Waals surface area contributed by atoms with Crippen molar-refractivity contribution in [2.75, 3.05) is 9.80 Å². The van der Waals surface area contributed by atoms with Crippen molar-refractivity contribution in [3.63, 3.8) is 0 Å². The molecule has 6 heteroatoms. The van der Waals surface area contributed by atoms with Crippen LogP contribution in [0.25, 0.3) is 0 Å². The van der Waals surface area contributed by atoms with E-state index in [-0.39, 0.29) is 17.1 Å². The topological polar surface area (TPSA) is 40.6 Å². The molecule has 2 heterocycles. The highest BCUT2D eigenvalue weighted by Gasteiger charge is 2.63. The number of benzene rings is 3. The summed E-state index contributed by atoms with van der Waals surface area (Å²) < 4.78 is 0. The maximum Gasteiger partial charge on any atom is 0.269 e. The molecule has 0 aromatic heterocycles. The summed E-state index contributed by atoms with van der Waals surface area (Å²) in [6.07, 6.45) is 0. The third-order valence-corrected chi connectivity index (χ3v) is 8.05. The molecule has 3 aromatic carbocycles. The van der Waals surface area contributed by atoms with E-state index in [1.54, 1.807) is 9.80 Å². The van der Waals surface area contributed by atoms with E-state index < -0.39 is 4.87 Å². The molecular formula is C26H23ClN2O2S. The summed E-state index contributed by atoms with van der Waals surface area (Å²) in [7, 11) is 0. The van der Waals surface area contributed by atoms with Crippen molar-refractivity contribution in [3.05, 3.63) is 94.0 Å². The molecule has 2 amide bonds. The zero-order chi connectivity index (χ0) is 22.6. The minimum absolute atomic E-state index is 0.0465. The van der Waals surface area contributed by atoms with Crippen molar-refractivity contribution < 1.29 is 9.59 Å². The van der Waals surface area contributed by atoms with Gasteiger partial charge in [-0.05, 0) is 67.8 Å². The molecule has 162 valence electrons. The fourth-order valence-corrected chi connectivity index (χ4v) is 6.19. The van der Waals surface area contributed by atoms with Crippen LogP contribution in [0, 0.1) is 13.8 Å². The molecule has 0 N–H and O–H groups in total. The average Bonchev–Trinajstić information content (AvgIpc) is 3.18. The minimum Gasteiger partial charge on any atom is -0.304 e. The summed E-state index contributed by atoms with van der Waals surface area (Å²) in [5, 5.41) is 0.328. The predicted molar refractivity (Wildman–Crippen MR) is 131 cm³/mol. The van der Waals surface area contributed by atoms with Crippen molar-refractivity contribution in [3.8, 4) is 0 Å². The third kappa shape index (κ3) is 3.06. The van der Waals surface area contributed by atoms with Crippen LogP contribution in [0.1, 0.15) is 29.2 Å². The highest BCUT2D eigenvalue weighted by molar-refractivity contribution is 8.03. The zero-order valence-corrected chi connectivity index (χ0v) is 19.7. The van der Waals surface area contributed by atoms with Gasteiger partial charge in [0.05, 0.1) is 17.5 Å². The molecule has 2 aliphatic rings. The van der Waals surface area contributed by atoms with E-state index in [1.165, 1.54) is 11.8 Å². The van der Waals surface area contributed by atoms with Gasteiger partial charge in [0.15, 0.2) is 0 Å². The lowest BCUT2D eigenvalue weighted by molar-refractivity contribution is -0.124. The van der Waals surface area contributed by atoms with E-state index in [0.717, 1.165) is 33.6 Å². The Bertz CT molecular complexity index is 1240. The molecular weight excluding hydrogens is 440 g/mol. The summed E-state index contributed by atoms with van der Waals surface area (Å²) >= 11 is 7.48. The number of amides is 2. The Kier molecular flexibility index (Phi) is 5.06. The van der Waals surface area contributed by atoms with Gasteiger partial charge in [-0.3, -0.25) is 14.5 Å². The molecule has 32 heavy (non-hydrogen) atoms. The number of anilines is 2. The molecule has 0 aliphatic carbocycles. The summed E-state index contributed by atoms with van der Waals surface area (Å²) in [6, 6.07) is 21.3. The van der Waals surface area contributed by atoms with Crippen LogP contribution in [0.4, 0.5) is 11.4 Å². The first-order valence-electron chi connectivity index (χ1n) is 10.6. The summed E-state index contributed by atoms with van der Waals surface area (Å²) in [5.74, 6) is -0.135. The van der Waals surface area contributed by atoms with E-state index in [4.69, 9.17) is 11.6 Å². The molecule has 1 spiro atoms. The highest BCUT2D eigenvalue weighted by Crippen LogP contribution is 2.58. The van der Waals surface area contributed by atoms with E-state index in [1.807, 2.05) is 87.5 Å². The summed E-state index contributed by atoms with van der Waals surface area (Å²) in [5.41, 5.74) is 5.68. The Morgan fingerprint density at radius 3 is 2.41 bits per heavy atom. The first kappa shape index (κ1) is 21.1. The number of halogens is 1. The van der Waals surface area contributed by atoms with Crippen molar-refractivity contribution in [2.24, 2.45) is 0 Å². The van der Waals surface area contributed by atoms with Gasteiger partial charge in [-0.15, -0.1) is 11.8 Å². The molecule has 0 bridgehead atoms. The first-order valence-corrected chi connectivity index (χ1v) is 11.8. The molecule has 5 rings (SSSR count). The lowest BCUT2D eigenvalue weighted by atomic mass is 10.0. The number of hydrogen-bond acceptors (Lipinski definition) is 3. The van der Waals surface area contributed by atoms with Crippen LogP contribution in [0.5, 0.6) is 0 Å². The maximum atomic E-state index is 14.2. The number of rotatable bonds is 3. The molecule has 0 radical (unpaired) electrons. The Morgan fingerprint density at radius 1 is 0.969 bits per heavy atom. The van der Waals surface area contributed by atoms with Gasteiger partial charge in [-0.2, -0.15) is 0 Å². The zero-order valence-electron chi connectivity index (χ0n) is 18.1. The number of carbonyl (C=O) groups excluding carboxylic acids is 2. The molecule has 4 nitrogen and oxygen atoms in total. The monoisotopic (exact) mass is 462 g/mol. The van der Waals surface area contributed by atoms with Gasteiger partial charge in [0.25, 0.3) is 5.91 Å². The number of aryl methyl sites for hydroxylation is 2. The Balaban J connectivity index is 1.66. The van der Waals surface area contributed by atoms with Gasteiger partial charge < -0.3 is 4.90 Å². The fraction of sp³-hybridized carbons (Fsp3) is 0.231. The first-order chi connectivity index (χ1) is 15.3. The molecule has 2 atom stereocenters. The minimum atomic E-state index is -1.11. The second kappa shape index (κ2) is 7.68. The van der Waals surface area contributed by atoms with Gasteiger partial charge in [-0.1, -0.05) is 48.0 Å². The molecule has 3 aromatic rings. The lowest BCUT2D eigenvalue weighted by Gasteiger charge is -2.33. The Labute approximate surface area is 197 Å². The van der Waals surface area contributed by atoms with Gasteiger partial charge in [0, 0.05) is 16.3 Å². The predicted octanol–water partition coefficient (Wildman–Crippen LogP) is 5.82. The number of fused-ring (bicyclic) bond motifs is 2. The van der Waals surface area contributed by atoms with Crippen molar-refractivity contribution >= 4 is 46.6 Å². The van der Waals surface area contributed by atoms with E-state index >= 15 is 0 Å². The number of para-hydroxylation sites is 1. The summed E-state index contributed by atoms with van der Waals surface area (Å²) in [6.45, 7) is 6.37. The van der Waals surface area contributed by atoms with Crippen LogP contribution in [0.2, 0.25) is 5.02 Å². The SMILES string of the molecule is Cc1ccc(N2C(=O)[C@@H](C)S[C@]23C(=O)N(Cc2ccc(Cl)cc2)c2ccccc23)cc1C. The number of hydrogen-bond donors (Lipinski definition) is 0. The number of nitrogens with zero attached hydrogens (tertiary/aromatic N) is 2. The van der Waals surface area contributed by atoms with Crippen molar-refractivity contribution in [2.45, 2.75) is 37.4 Å². The van der Waals surface area contributed by atoms with Crippen molar-refractivity contribution in [1.29, 1.82) is 0 Å². The van der Waals surface area contributed by atoms with Crippen molar-refractivity contribution in [1.82, 2.24) is 0 Å². The fourth-order valence-electron chi connectivity index (χ4n) is 4.53. The normalized spacial score (nSPS) is 22.2. The van der Waals surface area contributed by atoms with E-state index in [2.05, 4.69) is 0 Å². The smallest absolute Gasteiger partial charge is 0.269 e. The molecule has 2 aliphatic heterocycles. The molecule has 0 saturated carbocycles. The lowest BCUT2D eigenvalue weighted by Crippen LogP contribution is -2.49. The Hall–Kier alpha value is -2.76. The average molecular weight is 463 g/mol. The van der Waals surface area contributed by atoms with Crippen LogP contribution in [-0.2, 0) is 21.0 Å². The van der Waals surface area contributed by atoms with Gasteiger partial charge in [0.1, 0.15) is 0 Å². The Morgan fingerprint density at radius 2 is 1.69 bits per heavy atom. The van der Waals surface area contributed by atoms with Crippen LogP contribution in [0.15, 0.2) is 66.7 Å². The second-order valence-electron chi connectivity index (χ2n) is 8.38. The van der Waals surface area contributed by atoms with Gasteiger partial charge in [-0.25, -0.2) is 0 Å². The van der Waals surface area contributed by atoms with Crippen LogP contribution < -0.4 is 9.80 Å². The standard InChI is InChI=1S/C26H23ClN2O2S/c1-16-8-13-21(14-17(16)2)29-24(30)18(3)32-26(29)22-6-4-5-7-23(22)28(25(26)31)15-19-9-11-20(27)12-10-19/h4-14,18H,15H2,1-3H3/t18-,26-/m1/s1. The van der Waals surface area contributed by atoms with Gasteiger partial charge >= 0.3 is 0 Å². The second-order valence-corrected chi connectivity index (χ2v) is 10.4. The summed E-state index contributed by atoms with van der Waals surface area (Å²) in [4.78, 5) is 30.0. The number of thioether (sulfide) groups is 1. The molecule has 1 saturated heterocycles. The third-order valence-electron chi connectivity index (χ3n) is 6.33. The highest BCUT2D eigenvalue weighted by atomic mass is 35.5. The quantitative estimate of drug-likeness (QED) is 0.492. The van der Waals surface area contributed by atoms with Crippen LogP contribution in [0.3, 0.4) is 0 Å². The largest absolute Gasteiger partial charge is 0.304 e. The molecule has 0 unspecified atom stereocenters. The van der Waals surface area contributed by atoms with E-state index in [9.17, 15) is 9.59 Å². The van der Waals surface area contributed by atoms with Crippen LogP contribution >= 0.6 is 23.4 Å². The maximum absolute atomic E-state index is 14.2. The van der Waals surface area contributed by atoms with E-state index in [0.29, 0.717) is 11.6 Å². The number of carbonyl (C=O) groups is 2. The molecule has 1 fully saturated rings. The van der Waals surface area contributed by atoms with Crippen LogP contribution in [-0.4, -0.2) is 17.1 Å².